The number of halogens is 1. The first kappa shape index (κ1) is 18.1. The van der Waals surface area contributed by atoms with Crippen LogP contribution in [0.15, 0.2) is 66.5 Å². The molecule has 8 heteroatoms. The van der Waals surface area contributed by atoms with E-state index in [1.807, 2.05) is 0 Å². The third-order valence-corrected chi connectivity index (χ3v) is 6.50. The van der Waals surface area contributed by atoms with Gasteiger partial charge in [-0.05, 0) is 42.8 Å². The summed E-state index contributed by atoms with van der Waals surface area (Å²) in [6.07, 6.45) is 3.43. The summed E-state index contributed by atoms with van der Waals surface area (Å²) < 4.78 is 36.9. The highest BCUT2D eigenvalue weighted by Crippen LogP contribution is 2.35. The number of nitrogens with zero attached hydrogens (tertiary/aromatic N) is 1. The fraction of sp³-hybridized carbons (Fsp3) is 0.235. The van der Waals surface area contributed by atoms with Gasteiger partial charge in [0.2, 0.25) is 20.0 Å². The van der Waals surface area contributed by atoms with Crippen molar-refractivity contribution in [1.82, 2.24) is 4.98 Å². The van der Waals surface area contributed by atoms with Crippen LogP contribution in [0.1, 0.15) is 19.8 Å². The van der Waals surface area contributed by atoms with Crippen LogP contribution < -0.4 is 0 Å². The maximum absolute atomic E-state index is 13.0. The maximum Gasteiger partial charge on any atom is 0.265 e. The lowest BCUT2D eigenvalue weighted by atomic mass is 10.4. The van der Waals surface area contributed by atoms with Gasteiger partial charge in [-0.25, -0.2) is 8.42 Å². The molecule has 2 aromatic heterocycles. The molecule has 0 aliphatic carbocycles. The fourth-order valence-corrected chi connectivity index (χ4v) is 4.83. The largest absolute Gasteiger partial charge is 0.459 e. The lowest BCUT2D eigenvalue weighted by Gasteiger charge is -2.03. The molecule has 2 heterocycles. The number of sulfone groups is 1. The predicted octanol–water partition coefficient (Wildman–Crippen LogP) is 5.31. The molecule has 3 aromatic rings. The van der Waals surface area contributed by atoms with Gasteiger partial charge >= 0.3 is 0 Å². The smallest absolute Gasteiger partial charge is 0.265 e. The van der Waals surface area contributed by atoms with E-state index >= 15 is 0 Å². The van der Waals surface area contributed by atoms with Crippen molar-refractivity contribution < 1.29 is 17.3 Å². The van der Waals surface area contributed by atoms with E-state index in [-0.39, 0.29) is 20.9 Å². The molecule has 0 amide bonds. The van der Waals surface area contributed by atoms with Crippen LogP contribution in [0.2, 0.25) is 5.02 Å². The van der Waals surface area contributed by atoms with Crippen LogP contribution in [0.3, 0.4) is 0 Å². The van der Waals surface area contributed by atoms with Crippen molar-refractivity contribution in [3.05, 3.63) is 47.7 Å². The van der Waals surface area contributed by atoms with Crippen LogP contribution in [-0.4, -0.2) is 19.2 Å². The third-order valence-electron chi connectivity index (χ3n) is 3.41. The minimum Gasteiger partial charge on any atom is -0.459 e. The number of benzene rings is 1. The van der Waals surface area contributed by atoms with E-state index in [9.17, 15) is 8.42 Å². The van der Waals surface area contributed by atoms with Crippen LogP contribution in [0.4, 0.5) is 0 Å². The number of hydrogen-bond acceptors (Lipinski definition) is 6. The molecule has 0 bridgehead atoms. The predicted molar refractivity (Wildman–Crippen MR) is 96.7 cm³/mol. The molecule has 1 aromatic carbocycles. The van der Waals surface area contributed by atoms with Crippen LogP contribution in [0.5, 0.6) is 0 Å². The van der Waals surface area contributed by atoms with E-state index < -0.39 is 9.84 Å². The van der Waals surface area contributed by atoms with E-state index in [1.165, 1.54) is 42.3 Å². The van der Waals surface area contributed by atoms with Gasteiger partial charge in [-0.2, -0.15) is 4.98 Å². The summed E-state index contributed by atoms with van der Waals surface area (Å²) in [6.45, 7) is 2.07. The Balaban J connectivity index is 2.04. The standard InChI is InChI=1S/C17H16ClNO4S2/c1-2-3-11-24-17-16(19-15(23-17)14-5-4-10-22-14)25(20,21)13-8-6-12(18)7-9-13/h4-10H,2-3,11H2,1H3. The zero-order chi connectivity index (χ0) is 17.9. The van der Waals surface area contributed by atoms with Crippen molar-refractivity contribution in [1.29, 1.82) is 0 Å². The summed E-state index contributed by atoms with van der Waals surface area (Å²) in [5.41, 5.74) is 0. The van der Waals surface area contributed by atoms with Gasteiger partial charge < -0.3 is 8.83 Å². The molecule has 5 nitrogen and oxygen atoms in total. The first-order chi connectivity index (χ1) is 12.0. The highest BCUT2D eigenvalue weighted by molar-refractivity contribution is 8.00. The second-order valence-electron chi connectivity index (χ2n) is 5.25. The molecule has 0 N–H and O–H groups in total. The lowest BCUT2D eigenvalue weighted by molar-refractivity contribution is 0.451. The first-order valence-electron chi connectivity index (χ1n) is 7.70. The highest BCUT2D eigenvalue weighted by atomic mass is 35.5. The molecule has 0 spiro atoms. The first-order valence-corrected chi connectivity index (χ1v) is 10.5. The van der Waals surface area contributed by atoms with Crippen LogP contribution in [0, 0.1) is 0 Å². The van der Waals surface area contributed by atoms with Gasteiger partial charge in [-0.1, -0.05) is 36.7 Å². The van der Waals surface area contributed by atoms with Gasteiger partial charge in [0, 0.05) is 10.8 Å². The fourth-order valence-electron chi connectivity index (χ4n) is 2.09. The monoisotopic (exact) mass is 397 g/mol. The topological polar surface area (TPSA) is 73.3 Å². The summed E-state index contributed by atoms with van der Waals surface area (Å²) in [7, 11) is -3.82. The second kappa shape index (κ2) is 7.68. The van der Waals surface area contributed by atoms with E-state index in [1.54, 1.807) is 12.1 Å². The van der Waals surface area contributed by atoms with Gasteiger partial charge in [-0.15, -0.1) is 0 Å². The average Bonchev–Trinajstić information content (AvgIpc) is 3.25. The van der Waals surface area contributed by atoms with E-state index in [0.29, 0.717) is 10.8 Å². The van der Waals surface area contributed by atoms with Crippen molar-refractivity contribution in [2.45, 2.75) is 34.8 Å². The van der Waals surface area contributed by atoms with Gasteiger partial charge in [-0.3, -0.25) is 0 Å². The molecule has 0 fully saturated rings. The molecule has 0 aliphatic heterocycles. The number of thioether (sulfide) groups is 1. The number of unbranched alkanes of at least 4 members (excludes halogenated alkanes) is 1. The molecule has 25 heavy (non-hydrogen) atoms. The molecular weight excluding hydrogens is 382 g/mol. The summed E-state index contributed by atoms with van der Waals surface area (Å²) in [5.74, 6) is 1.28. The molecule has 3 rings (SSSR count). The molecule has 0 saturated carbocycles. The number of oxazole rings is 1. The lowest BCUT2D eigenvalue weighted by Crippen LogP contribution is -2.04. The zero-order valence-corrected chi connectivity index (χ0v) is 15.8. The SMILES string of the molecule is CCCCSc1oc(-c2ccco2)nc1S(=O)(=O)c1ccc(Cl)cc1. The Morgan fingerprint density at radius 1 is 1.20 bits per heavy atom. The molecule has 0 unspecified atom stereocenters. The van der Waals surface area contributed by atoms with Crippen molar-refractivity contribution in [3.8, 4) is 11.7 Å². The quantitative estimate of drug-likeness (QED) is 0.397. The number of furan rings is 1. The van der Waals surface area contributed by atoms with Gasteiger partial charge in [0.25, 0.3) is 5.89 Å². The number of aromatic nitrogens is 1. The maximum atomic E-state index is 13.0. The Bertz CT molecular complexity index is 932. The van der Waals surface area contributed by atoms with Crippen molar-refractivity contribution >= 4 is 33.2 Å². The normalized spacial score (nSPS) is 11.8. The second-order valence-corrected chi connectivity index (χ2v) is 8.62. The Hall–Kier alpha value is -1.70. The Labute approximate surface area is 155 Å². The van der Waals surface area contributed by atoms with Crippen LogP contribution in [0.25, 0.3) is 11.7 Å². The number of hydrogen-bond donors (Lipinski definition) is 0. The van der Waals surface area contributed by atoms with Gasteiger partial charge in [0.15, 0.2) is 5.76 Å². The minimum atomic E-state index is -3.82. The molecule has 0 atom stereocenters. The van der Waals surface area contributed by atoms with Crippen LogP contribution in [-0.2, 0) is 9.84 Å². The summed E-state index contributed by atoms with van der Waals surface area (Å²) in [5, 5.41) is 0.644. The Morgan fingerprint density at radius 3 is 2.60 bits per heavy atom. The molecule has 132 valence electrons. The molecule has 0 aliphatic rings. The zero-order valence-electron chi connectivity index (χ0n) is 13.4. The van der Waals surface area contributed by atoms with Crippen molar-refractivity contribution in [2.24, 2.45) is 0 Å². The average molecular weight is 398 g/mol. The van der Waals surface area contributed by atoms with E-state index in [4.69, 9.17) is 20.4 Å². The molecule has 0 saturated heterocycles. The minimum absolute atomic E-state index is 0.0951. The van der Waals surface area contributed by atoms with E-state index in [2.05, 4.69) is 11.9 Å². The van der Waals surface area contributed by atoms with E-state index in [0.717, 1.165) is 18.6 Å². The number of rotatable bonds is 7. The summed E-state index contributed by atoms with van der Waals surface area (Å²) >= 11 is 7.19. The van der Waals surface area contributed by atoms with Gasteiger partial charge in [0.05, 0.1) is 11.2 Å². The van der Waals surface area contributed by atoms with Gasteiger partial charge in [0.1, 0.15) is 0 Å². The molecule has 0 radical (unpaired) electrons. The Morgan fingerprint density at radius 2 is 1.96 bits per heavy atom. The molecular formula is C17H16ClNO4S2. The Kier molecular flexibility index (Phi) is 5.56. The van der Waals surface area contributed by atoms with Crippen LogP contribution >= 0.6 is 23.4 Å². The third kappa shape index (κ3) is 3.94. The van der Waals surface area contributed by atoms with Crippen molar-refractivity contribution in [3.63, 3.8) is 0 Å². The summed E-state index contributed by atoms with van der Waals surface area (Å²) in [6, 6.07) is 9.35. The van der Waals surface area contributed by atoms with Crippen molar-refractivity contribution in [2.75, 3.05) is 5.75 Å². The highest BCUT2D eigenvalue weighted by Gasteiger charge is 2.29. The summed E-state index contributed by atoms with van der Waals surface area (Å²) in [4.78, 5) is 4.32.